The number of hydrogen-bond acceptors (Lipinski definition) is 1. The predicted octanol–water partition coefficient (Wildman–Crippen LogP) is 8.35. The van der Waals surface area contributed by atoms with Crippen LogP contribution in [0.25, 0.3) is 0 Å². The molecule has 0 fully saturated rings. The lowest BCUT2D eigenvalue weighted by molar-refractivity contribution is -0.346. The molecule has 1 rings (SSSR count). The highest BCUT2D eigenvalue weighted by Gasteiger charge is 2.67. The Hall–Kier alpha value is -0.780. The number of rotatable bonds is 10. The van der Waals surface area contributed by atoms with Crippen molar-refractivity contribution in [3.63, 3.8) is 0 Å². The first-order valence-corrected chi connectivity index (χ1v) is 10.3. The van der Waals surface area contributed by atoms with Crippen LogP contribution in [0.2, 0.25) is 0 Å². The van der Waals surface area contributed by atoms with E-state index in [1.165, 1.54) is 32.9 Å². The van der Waals surface area contributed by atoms with Crippen LogP contribution in [-0.2, 0) is 5.41 Å². The molecule has 156 valence electrons. The van der Waals surface area contributed by atoms with E-state index in [-0.39, 0.29) is 24.0 Å². The van der Waals surface area contributed by atoms with E-state index in [9.17, 15) is 17.6 Å². The van der Waals surface area contributed by atoms with Gasteiger partial charge >= 0.3 is 12.0 Å². The summed E-state index contributed by atoms with van der Waals surface area (Å²) in [6, 6.07) is 4.57. The van der Waals surface area contributed by atoms with E-state index in [0.717, 1.165) is 24.8 Å². The van der Waals surface area contributed by atoms with Gasteiger partial charge in [0.2, 0.25) is 0 Å². The van der Waals surface area contributed by atoms with Crippen LogP contribution in [-0.4, -0.2) is 12.0 Å². The van der Waals surface area contributed by atoms with Gasteiger partial charge in [0.15, 0.2) is 0 Å². The smallest absolute Gasteiger partial charge is 0.428 e. The molecule has 0 aliphatic carbocycles. The van der Waals surface area contributed by atoms with Crippen molar-refractivity contribution in [2.75, 3.05) is 0 Å². The van der Waals surface area contributed by atoms with Gasteiger partial charge in [0.05, 0.1) is 0 Å². The van der Waals surface area contributed by atoms with Crippen LogP contribution in [0.5, 0.6) is 5.75 Å². The first-order valence-electron chi connectivity index (χ1n) is 9.52. The molecule has 0 aromatic heterocycles. The van der Waals surface area contributed by atoms with Gasteiger partial charge in [0, 0.05) is 9.89 Å². The summed E-state index contributed by atoms with van der Waals surface area (Å²) < 4.78 is 63.5. The number of unbranched alkanes of at least 4 members (excludes halogenated alkanes) is 1. The lowest BCUT2D eigenvalue weighted by Gasteiger charge is -2.39. The van der Waals surface area contributed by atoms with Crippen molar-refractivity contribution < 1.29 is 22.3 Å². The fourth-order valence-electron chi connectivity index (χ4n) is 3.03. The fourth-order valence-corrected chi connectivity index (χ4v) is 3.51. The third kappa shape index (κ3) is 5.18. The molecule has 0 amide bonds. The first kappa shape index (κ1) is 24.3. The molecular weight excluding hydrogens is 424 g/mol. The molecule has 0 aliphatic heterocycles. The molecule has 0 unspecified atom stereocenters. The van der Waals surface area contributed by atoms with Gasteiger partial charge in [0.1, 0.15) is 5.75 Å². The standard InChI is InChI=1S/C21H31BrF4O/c1-7-10-11-18(4,5)15-12-16(22)14-17(13-15)27-21(25,26)20(23,24)19(6,8-2)9-3/h12-14H,7-11H2,1-6H3. The third-order valence-corrected chi connectivity index (χ3v) is 6.20. The molecule has 6 heteroatoms. The van der Waals surface area contributed by atoms with E-state index in [1.54, 1.807) is 0 Å². The summed E-state index contributed by atoms with van der Waals surface area (Å²) in [5, 5.41) is 0. The molecule has 1 aromatic rings. The summed E-state index contributed by atoms with van der Waals surface area (Å²) in [6.07, 6.45) is -1.92. The summed E-state index contributed by atoms with van der Waals surface area (Å²) in [5.74, 6) is -4.56. The van der Waals surface area contributed by atoms with Crippen molar-refractivity contribution >= 4 is 15.9 Å². The Morgan fingerprint density at radius 2 is 1.48 bits per heavy atom. The second kappa shape index (κ2) is 8.71. The number of ether oxygens (including phenoxy) is 1. The summed E-state index contributed by atoms with van der Waals surface area (Å²) in [4.78, 5) is 0. The van der Waals surface area contributed by atoms with Crippen LogP contribution in [0.4, 0.5) is 17.6 Å². The molecule has 0 atom stereocenters. The zero-order valence-corrected chi connectivity index (χ0v) is 18.7. The second-order valence-corrected chi connectivity index (χ2v) is 9.04. The molecule has 0 heterocycles. The molecule has 1 nitrogen and oxygen atoms in total. The van der Waals surface area contributed by atoms with Crippen molar-refractivity contribution in [2.45, 2.75) is 91.1 Å². The molecule has 0 saturated heterocycles. The average Bonchev–Trinajstić information content (AvgIpc) is 2.58. The average molecular weight is 455 g/mol. The predicted molar refractivity (Wildman–Crippen MR) is 106 cm³/mol. The second-order valence-electron chi connectivity index (χ2n) is 8.12. The van der Waals surface area contributed by atoms with Gasteiger partial charge in [-0.05, 0) is 48.4 Å². The number of alkyl halides is 4. The molecule has 0 saturated carbocycles. The zero-order chi connectivity index (χ0) is 21.1. The summed E-state index contributed by atoms with van der Waals surface area (Å²) in [6.45, 7) is 10.2. The Morgan fingerprint density at radius 1 is 0.926 bits per heavy atom. The van der Waals surface area contributed by atoms with Crippen LogP contribution < -0.4 is 4.74 Å². The van der Waals surface area contributed by atoms with Gasteiger partial charge in [-0.25, -0.2) is 0 Å². The van der Waals surface area contributed by atoms with E-state index in [2.05, 4.69) is 27.6 Å². The molecular formula is C21H31BrF4O. The van der Waals surface area contributed by atoms with Crippen molar-refractivity contribution in [3.05, 3.63) is 28.2 Å². The highest BCUT2D eigenvalue weighted by atomic mass is 79.9. The van der Waals surface area contributed by atoms with Crippen molar-refractivity contribution in [1.29, 1.82) is 0 Å². The lowest BCUT2D eigenvalue weighted by Crippen LogP contribution is -2.55. The maximum Gasteiger partial charge on any atom is 0.464 e. The molecule has 0 aliphatic rings. The normalized spacial score (nSPS) is 13.7. The fraction of sp³-hybridized carbons (Fsp3) is 0.714. The van der Waals surface area contributed by atoms with Crippen molar-refractivity contribution in [2.24, 2.45) is 5.41 Å². The van der Waals surface area contributed by atoms with E-state index < -0.39 is 17.4 Å². The Labute approximate surface area is 169 Å². The quantitative estimate of drug-likeness (QED) is 0.322. The van der Waals surface area contributed by atoms with Gasteiger partial charge < -0.3 is 4.74 Å². The van der Waals surface area contributed by atoms with Gasteiger partial charge in [-0.3, -0.25) is 0 Å². The maximum absolute atomic E-state index is 14.7. The van der Waals surface area contributed by atoms with Crippen LogP contribution in [0.3, 0.4) is 0 Å². The number of benzene rings is 1. The van der Waals surface area contributed by atoms with Gasteiger partial charge in [-0.2, -0.15) is 17.6 Å². The highest BCUT2D eigenvalue weighted by molar-refractivity contribution is 9.10. The Kier molecular flexibility index (Phi) is 7.82. The summed E-state index contributed by atoms with van der Waals surface area (Å²) in [7, 11) is 0. The van der Waals surface area contributed by atoms with E-state index in [4.69, 9.17) is 0 Å². The Morgan fingerprint density at radius 3 is 1.96 bits per heavy atom. The topological polar surface area (TPSA) is 9.23 Å². The van der Waals surface area contributed by atoms with Gasteiger partial charge in [-0.15, -0.1) is 0 Å². The molecule has 1 aromatic carbocycles. The van der Waals surface area contributed by atoms with E-state index in [0.29, 0.717) is 4.47 Å². The Balaban J connectivity index is 3.24. The zero-order valence-electron chi connectivity index (χ0n) is 17.1. The number of hydrogen-bond donors (Lipinski definition) is 0. The minimum Gasteiger partial charge on any atom is -0.428 e. The molecule has 0 spiro atoms. The van der Waals surface area contributed by atoms with Crippen LogP contribution >= 0.6 is 15.9 Å². The highest BCUT2D eigenvalue weighted by Crippen LogP contribution is 2.51. The molecule has 0 radical (unpaired) electrons. The van der Waals surface area contributed by atoms with Crippen LogP contribution in [0.1, 0.15) is 79.2 Å². The molecule has 27 heavy (non-hydrogen) atoms. The van der Waals surface area contributed by atoms with E-state index in [1.807, 2.05) is 19.9 Å². The van der Waals surface area contributed by atoms with Crippen molar-refractivity contribution in [1.82, 2.24) is 0 Å². The maximum atomic E-state index is 14.7. The van der Waals surface area contributed by atoms with Gasteiger partial charge in [-0.1, -0.05) is 70.3 Å². The largest absolute Gasteiger partial charge is 0.464 e. The Bertz CT molecular complexity index is 625. The monoisotopic (exact) mass is 454 g/mol. The van der Waals surface area contributed by atoms with Crippen LogP contribution in [0, 0.1) is 5.41 Å². The number of halogens is 5. The SMILES string of the molecule is CCCCC(C)(C)c1cc(Br)cc(OC(F)(F)C(F)(F)C(C)(CC)CC)c1. The molecule has 0 N–H and O–H groups in total. The minimum absolute atomic E-state index is 0.0801. The first-order chi connectivity index (χ1) is 12.3. The summed E-state index contributed by atoms with van der Waals surface area (Å²) >= 11 is 3.29. The third-order valence-electron chi connectivity index (χ3n) is 5.74. The molecule has 0 bridgehead atoms. The summed E-state index contributed by atoms with van der Waals surface area (Å²) in [5.41, 5.74) is -1.36. The van der Waals surface area contributed by atoms with E-state index >= 15 is 0 Å². The van der Waals surface area contributed by atoms with Gasteiger partial charge in [0.25, 0.3) is 0 Å². The lowest BCUT2D eigenvalue weighted by atomic mass is 9.77. The minimum atomic E-state index is -4.61. The van der Waals surface area contributed by atoms with Crippen LogP contribution in [0.15, 0.2) is 22.7 Å². The van der Waals surface area contributed by atoms with Crippen molar-refractivity contribution in [3.8, 4) is 5.75 Å².